The summed E-state index contributed by atoms with van der Waals surface area (Å²) in [5.41, 5.74) is 1.98. The second kappa shape index (κ2) is 9.59. The standard InChI is InChI=1S/C25H25F3N2O5/c26-25(27,28)24(10-5-11-24)14-29-22(33)20(12-21(31)32)30-23(34)35-13-19-17-8-3-1-6-15(17)16-7-2-4-9-18(16)19/h1-4,6-9,19-20H,5,10-14H2,(H,29,33)(H,30,34)(H,31,32). The van der Waals surface area contributed by atoms with E-state index in [0.717, 1.165) is 22.3 Å². The Hall–Kier alpha value is -3.56. The summed E-state index contributed by atoms with van der Waals surface area (Å²) in [7, 11) is 0. The van der Waals surface area contributed by atoms with Crippen LogP contribution in [-0.4, -0.2) is 48.4 Å². The van der Waals surface area contributed by atoms with Crippen LogP contribution in [0.3, 0.4) is 0 Å². The van der Waals surface area contributed by atoms with Crippen LogP contribution in [0.15, 0.2) is 48.5 Å². The van der Waals surface area contributed by atoms with Crippen LogP contribution in [0.4, 0.5) is 18.0 Å². The number of nitrogens with one attached hydrogen (secondary N) is 2. The third kappa shape index (κ3) is 4.96. The minimum absolute atomic E-state index is 0.0571. The maximum absolute atomic E-state index is 13.4. The average Bonchev–Trinajstić information content (AvgIpc) is 3.09. The zero-order chi connectivity index (χ0) is 25.2. The number of hydrogen-bond donors (Lipinski definition) is 3. The fourth-order valence-corrected chi connectivity index (χ4v) is 4.71. The average molecular weight is 490 g/mol. The van der Waals surface area contributed by atoms with Gasteiger partial charge in [0.25, 0.3) is 0 Å². The number of aliphatic carboxylic acids is 1. The molecule has 0 saturated heterocycles. The summed E-state index contributed by atoms with van der Waals surface area (Å²) in [6.07, 6.45) is -6.13. The van der Waals surface area contributed by atoms with E-state index >= 15 is 0 Å². The summed E-state index contributed by atoms with van der Waals surface area (Å²) in [6.45, 7) is -0.726. The molecule has 4 rings (SSSR count). The van der Waals surface area contributed by atoms with E-state index in [9.17, 15) is 27.6 Å². The highest BCUT2D eigenvalue weighted by Crippen LogP contribution is 2.52. The van der Waals surface area contributed by atoms with Crippen LogP contribution in [0.25, 0.3) is 11.1 Å². The molecular weight excluding hydrogens is 465 g/mol. The van der Waals surface area contributed by atoms with Gasteiger partial charge < -0.3 is 20.5 Å². The first kappa shape index (κ1) is 24.6. The number of benzene rings is 2. The molecule has 1 fully saturated rings. The number of fused-ring (bicyclic) bond motifs is 3. The largest absolute Gasteiger partial charge is 0.481 e. The monoisotopic (exact) mass is 490 g/mol. The number of carbonyl (C=O) groups excluding carboxylic acids is 2. The highest BCUT2D eigenvalue weighted by atomic mass is 19.4. The van der Waals surface area contributed by atoms with Crippen molar-refractivity contribution in [1.82, 2.24) is 10.6 Å². The predicted octanol–water partition coefficient (Wildman–Crippen LogP) is 4.22. The SMILES string of the molecule is O=C(O)CC(NC(=O)OCC1c2ccccc2-c2ccccc21)C(=O)NCC1(C(F)(F)F)CCC1. The molecule has 2 amide bonds. The Morgan fingerprint density at radius 3 is 2.09 bits per heavy atom. The molecule has 10 heteroatoms. The molecule has 0 radical (unpaired) electrons. The zero-order valence-electron chi connectivity index (χ0n) is 18.7. The lowest BCUT2D eigenvalue weighted by Gasteiger charge is -2.43. The van der Waals surface area contributed by atoms with Crippen LogP contribution in [0, 0.1) is 5.41 Å². The lowest BCUT2D eigenvalue weighted by Crippen LogP contribution is -2.55. The fourth-order valence-electron chi connectivity index (χ4n) is 4.71. The van der Waals surface area contributed by atoms with Crippen molar-refractivity contribution < 1.29 is 37.4 Å². The molecule has 0 aliphatic heterocycles. The molecule has 35 heavy (non-hydrogen) atoms. The molecule has 7 nitrogen and oxygen atoms in total. The van der Waals surface area contributed by atoms with Crippen LogP contribution in [0.2, 0.25) is 0 Å². The highest BCUT2D eigenvalue weighted by molar-refractivity contribution is 5.89. The topological polar surface area (TPSA) is 105 Å². The van der Waals surface area contributed by atoms with E-state index in [1.54, 1.807) is 0 Å². The van der Waals surface area contributed by atoms with Crippen LogP contribution >= 0.6 is 0 Å². The van der Waals surface area contributed by atoms with Crippen LogP contribution < -0.4 is 10.6 Å². The predicted molar refractivity (Wildman–Crippen MR) is 120 cm³/mol. The molecule has 0 heterocycles. The Morgan fingerprint density at radius 2 is 1.60 bits per heavy atom. The van der Waals surface area contributed by atoms with Gasteiger partial charge in [-0.25, -0.2) is 4.79 Å². The van der Waals surface area contributed by atoms with Crippen molar-refractivity contribution in [1.29, 1.82) is 0 Å². The summed E-state index contributed by atoms with van der Waals surface area (Å²) in [5.74, 6) is -2.64. The molecule has 2 aromatic rings. The number of alkyl carbamates (subject to hydrolysis) is 1. The molecule has 0 spiro atoms. The van der Waals surface area contributed by atoms with Crippen molar-refractivity contribution in [3.05, 3.63) is 59.7 Å². The van der Waals surface area contributed by atoms with Gasteiger partial charge in [-0.2, -0.15) is 13.2 Å². The first-order valence-corrected chi connectivity index (χ1v) is 11.3. The normalized spacial score (nSPS) is 16.9. The lowest BCUT2D eigenvalue weighted by molar-refractivity contribution is -0.248. The molecule has 3 N–H and O–H groups in total. The Morgan fingerprint density at radius 1 is 1.03 bits per heavy atom. The Labute approximate surface area is 199 Å². The van der Waals surface area contributed by atoms with Gasteiger partial charge in [-0.3, -0.25) is 9.59 Å². The zero-order valence-corrected chi connectivity index (χ0v) is 18.7. The molecule has 2 aromatic carbocycles. The van der Waals surface area contributed by atoms with Gasteiger partial charge in [0.05, 0.1) is 11.8 Å². The van der Waals surface area contributed by atoms with Gasteiger partial charge >= 0.3 is 18.2 Å². The van der Waals surface area contributed by atoms with Gasteiger partial charge in [-0.15, -0.1) is 0 Å². The molecule has 2 aliphatic rings. The molecule has 1 atom stereocenters. The maximum Gasteiger partial charge on any atom is 0.407 e. The first-order valence-electron chi connectivity index (χ1n) is 11.3. The van der Waals surface area contributed by atoms with Gasteiger partial charge in [-0.1, -0.05) is 55.0 Å². The van der Waals surface area contributed by atoms with Gasteiger partial charge in [0.15, 0.2) is 0 Å². The van der Waals surface area contributed by atoms with Gasteiger partial charge in [-0.05, 0) is 35.1 Å². The summed E-state index contributed by atoms with van der Waals surface area (Å²) in [4.78, 5) is 36.2. The second-order valence-electron chi connectivity index (χ2n) is 8.97. The van der Waals surface area contributed by atoms with E-state index in [0.29, 0.717) is 6.42 Å². The molecular formula is C25H25F3N2O5. The number of rotatable bonds is 8. The number of carboxylic acid groups (broad SMARTS) is 1. The van der Waals surface area contributed by atoms with E-state index in [1.165, 1.54) is 0 Å². The van der Waals surface area contributed by atoms with E-state index in [2.05, 4.69) is 10.6 Å². The summed E-state index contributed by atoms with van der Waals surface area (Å²) >= 11 is 0. The lowest BCUT2D eigenvalue weighted by atomic mass is 9.68. The van der Waals surface area contributed by atoms with Crippen molar-refractivity contribution in [2.45, 2.75) is 43.8 Å². The summed E-state index contributed by atoms with van der Waals surface area (Å²) in [6, 6.07) is 13.8. The van der Waals surface area contributed by atoms with Crippen LogP contribution in [-0.2, 0) is 14.3 Å². The molecule has 0 bridgehead atoms. The quantitative estimate of drug-likeness (QED) is 0.514. The smallest absolute Gasteiger partial charge is 0.407 e. The first-order chi connectivity index (χ1) is 16.6. The third-order valence-corrected chi connectivity index (χ3v) is 6.84. The number of halogens is 3. The minimum atomic E-state index is -4.49. The maximum atomic E-state index is 13.4. The van der Waals surface area contributed by atoms with E-state index < -0.39 is 48.6 Å². The second-order valence-corrected chi connectivity index (χ2v) is 8.97. The third-order valence-electron chi connectivity index (χ3n) is 6.84. The van der Waals surface area contributed by atoms with Crippen LogP contribution in [0.5, 0.6) is 0 Å². The summed E-state index contributed by atoms with van der Waals surface area (Å²) < 4.78 is 45.4. The van der Waals surface area contributed by atoms with Gasteiger partial charge in [0.1, 0.15) is 12.6 Å². The van der Waals surface area contributed by atoms with E-state index in [1.807, 2.05) is 48.5 Å². The number of alkyl halides is 3. The summed E-state index contributed by atoms with van der Waals surface area (Å²) in [5, 5.41) is 13.5. The van der Waals surface area contributed by atoms with Crippen molar-refractivity contribution in [3.8, 4) is 11.1 Å². The van der Waals surface area contributed by atoms with E-state index in [4.69, 9.17) is 9.84 Å². The van der Waals surface area contributed by atoms with Crippen molar-refractivity contribution in [2.24, 2.45) is 5.41 Å². The molecule has 1 saturated carbocycles. The number of carboxylic acids is 1. The Balaban J connectivity index is 1.39. The minimum Gasteiger partial charge on any atom is -0.481 e. The van der Waals surface area contributed by atoms with Gasteiger partial charge in [0, 0.05) is 12.5 Å². The number of amides is 2. The van der Waals surface area contributed by atoms with E-state index in [-0.39, 0.29) is 25.4 Å². The molecule has 1 unspecified atom stereocenters. The van der Waals surface area contributed by atoms with Gasteiger partial charge in [0.2, 0.25) is 5.91 Å². The number of hydrogen-bond acceptors (Lipinski definition) is 4. The molecule has 186 valence electrons. The molecule has 0 aromatic heterocycles. The Kier molecular flexibility index (Phi) is 6.73. The number of ether oxygens (including phenoxy) is 1. The van der Waals surface area contributed by atoms with Crippen molar-refractivity contribution in [3.63, 3.8) is 0 Å². The highest BCUT2D eigenvalue weighted by Gasteiger charge is 2.58. The van der Waals surface area contributed by atoms with Crippen molar-refractivity contribution in [2.75, 3.05) is 13.2 Å². The van der Waals surface area contributed by atoms with Crippen molar-refractivity contribution >= 4 is 18.0 Å². The number of carbonyl (C=O) groups is 3. The Bertz CT molecular complexity index is 1080. The fraction of sp³-hybridized carbons (Fsp3) is 0.400. The van der Waals surface area contributed by atoms with Crippen LogP contribution in [0.1, 0.15) is 42.7 Å². The molecule has 2 aliphatic carbocycles.